The summed E-state index contributed by atoms with van der Waals surface area (Å²) in [6.07, 6.45) is 0. The molecule has 0 atom stereocenters. The molecular weight excluding hydrogens is 1060 g/mol. The molecule has 8 aromatic rings. The third-order valence-electron chi connectivity index (χ3n) is 14.6. The lowest BCUT2D eigenvalue weighted by molar-refractivity contribution is -0.554. The molecule has 4 aliphatic rings. The quantitative estimate of drug-likeness (QED) is 0.0663. The Bertz CT molecular complexity index is 4430. The molecule has 0 unspecified atom stereocenters. The Balaban J connectivity index is 1.32. The van der Waals surface area contributed by atoms with Crippen LogP contribution in [-0.4, -0.2) is 71.0 Å². The average Bonchev–Trinajstić information content (AvgIpc) is 0.844. The fourth-order valence-corrected chi connectivity index (χ4v) is 10.4. The first-order chi connectivity index (χ1) is 41.2. The van der Waals surface area contributed by atoms with Crippen LogP contribution in [0.1, 0.15) is 0 Å². The predicted octanol–water partition coefficient (Wildman–Crippen LogP) is 13.5. The Morgan fingerprint density at radius 3 is 1.29 bits per heavy atom. The number of aromatic nitrogens is 4. The van der Waals surface area contributed by atoms with E-state index in [-0.39, 0.29) is 0 Å². The van der Waals surface area contributed by atoms with E-state index in [0.29, 0.717) is 90.6 Å². The Kier molecular flexibility index (Phi) is 14.8. The minimum Gasteiger partial charge on any atom is -0.497 e. The Labute approximate surface area is 484 Å². The van der Waals surface area contributed by atoms with Gasteiger partial charge in [-0.2, -0.15) is 0 Å². The lowest BCUT2D eigenvalue weighted by Crippen LogP contribution is -2.41. The maximum atomic E-state index is 6.10. The van der Waals surface area contributed by atoms with Crippen LogP contribution in [0.25, 0.3) is 61.9 Å². The van der Waals surface area contributed by atoms with E-state index in [1.807, 2.05) is 170 Å². The van der Waals surface area contributed by atoms with Crippen molar-refractivity contribution >= 4 is 56.2 Å². The third kappa shape index (κ3) is 10.4. The second-order valence-electron chi connectivity index (χ2n) is 19.4. The van der Waals surface area contributed by atoms with Gasteiger partial charge in [-0.1, -0.05) is 0 Å². The summed E-state index contributed by atoms with van der Waals surface area (Å²) in [6, 6.07) is 65.4. The number of ether oxygens (including phenoxy) is 8. The van der Waals surface area contributed by atoms with Crippen molar-refractivity contribution in [2.45, 2.75) is 0 Å². The second kappa shape index (κ2) is 23.2. The van der Waals surface area contributed by atoms with Gasteiger partial charge in [0, 0.05) is 47.0 Å². The van der Waals surface area contributed by atoms with Gasteiger partial charge < -0.3 is 53.1 Å². The molecule has 2 heterocycles. The fourth-order valence-electron chi connectivity index (χ4n) is 10.4. The number of benzene rings is 10. The maximum absolute atomic E-state index is 6.10. The molecule has 0 aromatic heterocycles. The standard InChI is InChI=1S/C68H58N8O8/c1-77-48-21-9-42(10-22-48)69-57-39-63-64(40-58(57)70-43-11-23-49(78-2)24-12-43)76(60-36-34-55(84-8)38-62(60)75(63)47-19-31-53(82-6)32-20-47)68-66(72-45-15-27-51(80-4)28-16-45)59(71-44-13-25-50(79-3)26-14-44)41-65-67(68)73-56-35-33-54(83-7)37-61(56)74(65)46-17-29-52(81-5)30-18-46/h9-41H,1-8H3,(H,72,73)/p+1. The highest BCUT2D eigenvalue weighted by Crippen LogP contribution is 2.41. The summed E-state index contributed by atoms with van der Waals surface area (Å²) >= 11 is 0. The minimum absolute atomic E-state index is 0.585. The Morgan fingerprint density at radius 1 is 0.381 bits per heavy atom. The van der Waals surface area contributed by atoms with Crippen molar-refractivity contribution in [1.82, 2.24) is 14.1 Å². The van der Waals surface area contributed by atoms with Crippen molar-refractivity contribution in [2.75, 3.05) is 67.5 Å². The first-order valence-electron chi connectivity index (χ1n) is 26.9. The van der Waals surface area contributed by atoms with Crippen molar-refractivity contribution in [3.8, 4) is 85.8 Å². The summed E-state index contributed by atoms with van der Waals surface area (Å²) in [5.74, 6) is 5.53. The maximum Gasteiger partial charge on any atom is 0.265 e. The van der Waals surface area contributed by atoms with Crippen molar-refractivity contribution < 1.29 is 42.5 Å². The topological polar surface area (TPSA) is 149 Å². The highest BCUT2D eigenvalue weighted by Gasteiger charge is 2.37. The van der Waals surface area contributed by atoms with E-state index in [0.717, 1.165) is 62.1 Å². The van der Waals surface area contributed by atoms with Gasteiger partial charge in [0.15, 0.2) is 5.69 Å². The molecule has 0 saturated carbocycles. The number of anilines is 4. The fraction of sp³-hybridized carbons (Fsp3) is 0.118. The second-order valence-corrected chi connectivity index (χ2v) is 19.4. The normalized spacial score (nSPS) is 11.7. The van der Waals surface area contributed by atoms with E-state index >= 15 is 0 Å². The van der Waals surface area contributed by atoms with Crippen molar-refractivity contribution in [1.29, 1.82) is 0 Å². The summed E-state index contributed by atoms with van der Waals surface area (Å²) in [5.41, 5.74) is 12.5. The molecule has 0 fully saturated rings. The van der Waals surface area contributed by atoms with Gasteiger partial charge >= 0.3 is 0 Å². The van der Waals surface area contributed by atoms with Crippen LogP contribution < -0.4 is 63.8 Å². The lowest BCUT2D eigenvalue weighted by Gasteiger charge is -2.25. The van der Waals surface area contributed by atoms with Crippen LogP contribution in [0.15, 0.2) is 210 Å². The zero-order valence-corrected chi connectivity index (χ0v) is 47.5. The molecule has 2 aliphatic heterocycles. The van der Waals surface area contributed by atoms with Gasteiger partial charge in [0.25, 0.3) is 5.69 Å². The molecule has 8 aromatic carbocycles. The number of rotatable bonds is 17. The predicted molar refractivity (Wildman–Crippen MR) is 328 cm³/mol. The number of hydrogen-bond acceptors (Lipinski definition) is 13. The summed E-state index contributed by atoms with van der Waals surface area (Å²) in [5, 5.41) is 8.91. The molecule has 0 spiro atoms. The van der Waals surface area contributed by atoms with E-state index in [9.17, 15) is 0 Å². The number of hydrogen-bond donors (Lipinski definition) is 2. The van der Waals surface area contributed by atoms with Crippen molar-refractivity contribution in [3.05, 3.63) is 211 Å². The van der Waals surface area contributed by atoms with Crippen LogP contribution in [-0.2, 0) is 0 Å². The van der Waals surface area contributed by atoms with Gasteiger partial charge in [0.2, 0.25) is 11.2 Å². The number of fused-ring (bicyclic) bond motifs is 4. The minimum atomic E-state index is 0.585. The van der Waals surface area contributed by atoms with Crippen LogP contribution in [0, 0.1) is 0 Å². The first kappa shape index (κ1) is 53.6. The zero-order chi connectivity index (χ0) is 57.8. The molecule has 418 valence electrons. The lowest BCUT2D eigenvalue weighted by atomic mass is 10.0. The molecular formula is C68H59N8O8+. The monoisotopic (exact) mass is 1120 g/mol. The summed E-state index contributed by atoms with van der Waals surface area (Å²) in [4.78, 5) is 16.7. The molecule has 0 bridgehead atoms. The highest BCUT2D eigenvalue weighted by molar-refractivity contribution is 5.91. The highest BCUT2D eigenvalue weighted by atomic mass is 16.5. The molecule has 2 N–H and O–H groups in total. The van der Waals surface area contributed by atoms with Gasteiger partial charge in [-0.15, -0.1) is 4.57 Å². The van der Waals surface area contributed by atoms with E-state index < -0.39 is 0 Å². The average molecular weight is 1120 g/mol. The van der Waals surface area contributed by atoms with Crippen LogP contribution in [0.5, 0.6) is 46.0 Å². The van der Waals surface area contributed by atoms with E-state index in [1.54, 1.807) is 56.9 Å². The molecule has 0 radical (unpaired) electrons. The summed E-state index contributed by atoms with van der Waals surface area (Å²) in [7, 11) is 13.3. The van der Waals surface area contributed by atoms with Gasteiger partial charge in [-0.3, -0.25) is 4.57 Å². The van der Waals surface area contributed by atoms with Gasteiger partial charge in [0.05, 0.1) is 101 Å². The van der Waals surface area contributed by atoms with Gasteiger partial charge in [-0.25, -0.2) is 15.0 Å². The molecule has 16 nitrogen and oxygen atoms in total. The molecule has 16 heteroatoms. The molecule has 12 rings (SSSR count). The third-order valence-corrected chi connectivity index (χ3v) is 14.6. The smallest absolute Gasteiger partial charge is 0.265 e. The molecule has 2 aliphatic carbocycles. The van der Waals surface area contributed by atoms with Gasteiger partial charge in [-0.05, 0) is 176 Å². The van der Waals surface area contributed by atoms with Gasteiger partial charge in [0.1, 0.15) is 62.9 Å². The summed E-state index contributed by atoms with van der Waals surface area (Å²) < 4.78 is 52.7. The van der Waals surface area contributed by atoms with Crippen LogP contribution >= 0.6 is 0 Å². The number of nitrogens with one attached hydrogen (secondary N) is 2. The van der Waals surface area contributed by atoms with Crippen LogP contribution in [0.2, 0.25) is 0 Å². The van der Waals surface area contributed by atoms with E-state index in [2.05, 4.69) is 54.7 Å². The zero-order valence-electron chi connectivity index (χ0n) is 47.5. The van der Waals surface area contributed by atoms with E-state index in [1.165, 1.54) is 0 Å². The van der Waals surface area contributed by atoms with Crippen molar-refractivity contribution in [3.63, 3.8) is 0 Å². The number of methoxy groups -OCH3 is 8. The summed E-state index contributed by atoms with van der Waals surface area (Å²) in [6.45, 7) is 0. The molecule has 0 saturated heterocycles. The van der Waals surface area contributed by atoms with Crippen LogP contribution in [0.4, 0.5) is 34.1 Å². The van der Waals surface area contributed by atoms with Crippen molar-refractivity contribution in [2.24, 2.45) is 9.98 Å². The molecule has 0 amide bonds. The Hall–Kier alpha value is -11.0. The molecule has 84 heavy (non-hydrogen) atoms. The Morgan fingerprint density at radius 2 is 0.786 bits per heavy atom. The largest absolute Gasteiger partial charge is 0.497 e. The SMILES string of the molecule is COc1ccc(N=c2cc3n(-c4ccc(OC)cc4)c4cc(OC)ccc4[n+](-c4c5nc6ccc(OC)cc6n(-c6ccc(OC)cc6)c-5cc(=Nc5ccc(OC)cc5)c4Nc4ccc(OC)cc4)c-3cc2Nc2ccc(OC)cc2)cc1. The van der Waals surface area contributed by atoms with Crippen LogP contribution in [0.3, 0.4) is 0 Å². The first-order valence-corrected chi connectivity index (χ1v) is 26.9. The number of nitrogens with zero attached hydrogens (tertiary/aromatic N) is 6. The van der Waals surface area contributed by atoms with E-state index in [4.69, 9.17) is 52.9 Å².